The Kier molecular flexibility index (Phi) is 5.63. The second-order valence-electron chi connectivity index (χ2n) is 5.02. The van der Waals surface area contributed by atoms with E-state index in [1.807, 2.05) is 6.07 Å². The van der Waals surface area contributed by atoms with Gasteiger partial charge in [0.25, 0.3) is 0 Å². The van der Waals surface area contributed by atoms with E-state index in [1.165, 1.54) is 10.4 Å². The summed E-state index contributed by atoms with van der Waals surface area (Å²) < 4.78 is 11.1. The van der Waals surface area contributed by atoms with Crippen molar-refractivity contribution in [3.05, 3.63) is 46.0 Å². The number of rotatable bonds is 8. The zero-order valence-electron chi connectivity index (χ0n) is 11.5. The van der Waals surface area contributed by atoms with Gasteiger partial charge in [-0.1, -0.05) is 19.9 Å². The van der Waals surface area contributed by atoms with E-state index in [9.17, 15) is 0 Å². The van der Waals surface area contributed by atoms with E-state index in [-0.39, 0.29) is 0 Å². The summed E-state index contributed by atoms with van der Waals surface area (Å²) in [6, 6.07) is 6.17. The molecule has 0 aliphatic carbocycles. The Morgan fingerprint density at radius 2 is 2.26 bits per heavy atom. The Bertz CT molecular complexity index is 462. The molecule has 0 saturated heterocycles. The van der Waals surface area contributed by atoms with Gasteiger partial charge in [-0.15, -0.1) is 11.3 Å². The van der Waals surface area contributed by atoms with Gasteiger partial charge in [0, 0.05) is 17.0 Å². The third-order valence-corrected chi connectivity index (χ3v) is 3.51. The molecule has 0 amide bonds. The van der Waals surface area contributed by atoms with Crippen molar-refractivity contribution in [2.24, 2.45) is 5.92 Å². The van der Waals surface area contributed by atoms with E-state index in [0.717, 1.165) is 18.8 Å². The molecule has 0 aliphatic heterocycles. The molecule has 0 bridgehead atoms. The van der Waals surface area contributed by atoms with Crippen molar-refractivity contribution in [1.29, 1.82) is 0 Å². The number of thiophene rings is 1. The quantitative estimate of drug-likeness (QED) is 0.798. The minimum atomic E-state index is 0.530. The number of ether oxygens (including phenoxy) is 1. The molecule has 4 heteroatoms. The van der Waals surface area contributed by atoms with Crippen LogP contribution in [0.2, 0.25) is 0 Å². The number of nitrogens with one attached hydrogen (secondary N) is 1. The van der Waals surface area contributed by atoms with E-state index in [2.05, 4.69) is 36.7 Å². The maximum absolute atomic E-state index is 5.62. The van der Waals surface area contributed by atoms with Crippen molar-refractivity contribution in [3.63, 3.8) is 0 Å². The van der Waals surface area contributed by atoms with E-state index in [4.69, 9.17) is 9.15 Å². The summed E-state index contributed by atoms with van der Waals surface area (Å²) in [4.78, 5) is 1.24. The molecule has 104 valence electrons. The van der Waals surface area contributed by atoms with Crippen LogP contribution < -0.4 is 5.32 Å². The zero-order valence-corrected chi connectivity index (χ0v) is 12.3. The van der Waals surface area contributed by atoms with Gasteiger partial charge in [-0.05, 0) is 30.0 Å². The third kappa shape index (κ3) is 5.19. The largest absolute Gasteiger partial charge is 0.467 e. The second kappa shape index (κ2) is 7.48. The van der Waals surface area contributed by atoms with E-state index in [0.29, 0.717) is 19.1 Å². The fourth-order valence-electron chi connectivity index (χ4n) is 1.75. The first-order chi connectivity index (χ1) is 9.24. The summed E-state index contributed by atoms with van der Waals surface area (Å²) in [5, 5.41) is 5.45. The lowest BCUT2D eigenvalue weighted by atomic mass is 10.2. The van der Waals surface area contributed by atoms with Crippen LogP contribution in [0, 0.1) is 5.92 Å². The van der Waals surface area contributed by atoms with Gasteiger partial charge in [0.2, 0.25) is 0 Å². The number of hydrogen-bond donors (Lipinski definition) is 1. The van der Waals surface area contributed by atoms with Gasteiger partial charge in [-0.3, -0.25) is 0 Å². The van der Waals surface area contributed by atoms with Crippen LogP contribution in [0.1, 0.15) is 30.0 Å². The van der Waals surface area contributed by atoms with Crippen LogP contribution in [-0.2, 0) is 24.5 Å². The SMILES string of the molecule is CC(C)CNCc1coc(COCc2cccs2)c1. The maximum Gasteiger partial charge on any atom is 0.129 e. The first-order valence-electron chi connectivity index (χ1n) is 6.61. The highest BCUT2D eigenvalue weighted by Gasteiger charge is 2.03. The van der Waals surface area contributed by atoms with Crippen molar-refractivity contribution in [2.75, 3.05) is 6.54 Å². The Morgan fingerprint density at radius 3 is 3.00 bits per heavy atom. The van der Waals surface area contributed by atoms with Crippen molar-refractivity contribution in [3.8, 4) is 0 Å². The van der Waals surface area contributed by atoms with Gasteiger partial charge in [0.1, 0.15) is 12.4 Å². The van der Waals surface area contributed by atoms with E-state index < -0.39 is 0 Å². The molecule has 0 aromatic carbocycles. The third-order valence-electron chi connectivity index (χ3n) is 2.66. The maximum atomic E-state index is 5.62. The Morgan fingerprint density at radius 1 is 1.37 bits per heavy atom. The lowest BCUT2D eigenvalue weighted by molar-refractivity contribution is 0.0948. The van der Waals surface area contributed by atoms with Crippen LogP contribution in [0.4, 0.5) is 0 Å². The Hall–Kier alpha value is -1.10. The lowest BCUT2D eigenvalue weighted by Crippen LogP contribution is -2.18. The highest BCUT2D eigenvalue weighted by Crippen LogP contribution is 2.13. The smallest absolute Gasteiger partial charge is 0.129 e. The summed E-state index contributed by atoms with van der Waals surface area (Å²) in [5.41, 5.74) is 1.18. The first-order valence-corrected chi connectivity index (χ1v) is 7.49. The van der Waals surface area contributed by atoms with Gasteiger partial charge in [-0.2, -0.15) is 0 Å². The minimum absolute atomic E-state index is 0.530. The number of hydrogen-bond acceptors (Lipinski definition) is 4. The second-order valence-corrected chi connectivity index (χ2v) is 6.05. The van der Waals surface area contributed by atoms with Gasteiger partial charge >= 0.3 is 0 Å². The molecule has 0 radical (unpaired) electrons. The fourth-order valence-corrected chi connectivity index (χ4v) is 2.39. The fraction of sp³-hybridized carbons (Fsp3) is 0.467. The average molecular weight is 279 g/mol. The molecule has 0 fully saturated rings. The molecule has 2 rings (SSSR count). The van der Waals surface area contributed by atoms with Crippen LogP contribution in [-0.4, -0.2) is 6.54 Å². The predicted octanol–water partition coefficient (Wildman–Crippen LogP) is 3.80. The monoisotopic (exact) mass is 279 g/mol. The summed E-state index contributed by atoms with van der Waals surface area (Å²) in [6.07, 6.45) is 1.80. The molecule has 2 heterocycles. The van der Waals surface area contributed by atoms with Crippen molar-refractivity contribution in [1.82, 2.24) is 5.32 Å². The molecule has 0 aliphatic rings. The number of furan rings is 1. The summed E-state index contributed by atoms with van der Waals surface area (Å²) in [5.74, 6) is 1.55. The predicted molar refractivity (Wildman–Crippen MR) is 78.1 cm³/mol. The van der Waals surface area contributed by atoms with Gasteiger partial charge in [0.05, 0.1) is 12.9 Å². The Balaban J connectivity index is 1.68. The molecular weight excluding hydrogens is 258 g/mol. The molecule has 0 spiro atoms. The summed E-state index contributed by atoms with van der Waals surface area (Å²) in [6.45, 7) is 7.46. The summed E-state index contributed by atoms with van der Waals surface area (Å²) in [7, 11) is 0. The van der Waals surface area contributed by atoms with Crippen molar-refractivity contribution >= 4 is 11.3 Å². The molecule has 2 aromatic heterocycles. The van der Waals surface area contributed by atoms with Crippen LogP contribution in [0.15, 0.2) is 34.3 Å². The highest BCUT2D eigenvalue weighted by atomic mass is 32.1. The molecule has 0 saturated carbocycles. The van der Waals surface area contributed by atoms with Crippen LogP contribution in [0.25, 0.3) is 0 Å². The minimum Gasteiger partial charge on any atom is -0.467 e. The standard InChI is InChI=1S/C15H21NO2S/c1-12(2)7-16-8-13-6-14(18-9-13)10-17-11-15-4-3-5-19-15/h3-6,9,12,16H,7-8,10-11H2,1-2H3. The molecule has 2 aromatic rings. The highest BCUT2D eigenvalue weighted by molar-refractivity contribution is 7.09. The van der Waals surface area contributed by atoms with E-state index >= 15 is 0 Å². The molecular formula is C15H21NO2S. The molecule has 19 heavy (non-hydrogen) atoms. The van der Waals surface area contributed by atoms with Gasteiger partial charge in [-0.25, -0.2) is 0 Å². The van der Waals surface area contributed by atoms with Crippen LogP contribution in [0.5, 0.6) is 0 Å². The molecule has 0 unspecified atom stereocenters. The molecule has 1 N–H and O–H groups in total. The average Bonchev–Trinajstić information content (AvgIpc) is 3.00. The molecule has 0 atom stereocenters. The van der Waals surface area contributed by atoms with Crippen molar-refractivity contribution in [2.45, 2.75) is 33.6 Å². The normalized spacial score (nSPS) is 11.3. The topological polar surface area (TPSA) is 34.4 Å². The van der Waals surface area contributed by atoms with Gasteiger partial charge in [0.15, 0.2) is 0 Å². The molecule has 3 nitrogen and oxygen atoms in total. The zero-order chi connectivity index (χ0) is 13.5. The van der Waals surface area contributed by atoms with Crippen LogP contribution in [0.3, 0.4) is 0 Å². The first kappa shape index (κ1) is 14.3. The van der Waals surface area contributed by atoms with E-state index in [1.54, 1.807) is 17.6 Å². The van der Waals surface area contributed by atoms with Gasteiger partial charge < -0.3 is 14.5 Å². The van der Waals surface area contributed by atoms with Crippen molar-refractivity contribution < 1.29 is 9.15 Å². The summed E-state index contributed by atoms with van der Waals surface area (Å²) >= 11 is 1.71. The Labute approximate surface area is 118 Å². The van der Waals surface area contributed by atoms with Crippen LogP contribution >= 0.6 is 11.3 Å². The lowest BCUT2D eigenvalue weighted by Gasteiger charge is -2.04.